The van der Waals surface area contributed by atoms with E-state index in [1.807, 2.05) is 24.8 Å². The third kappa shape index (κ3) is 3.97. The maximum atomic E-state index is 12.6. The van der Waals surface area contributed by atoms with Crippen LogP contribution in [0, 0.1) is 5.92 Å². The molecule has 2 saturated heterocycles. The van der Waals surface area contributed by atoms with E-state index in [1.165, 1.54) is 11.3 Å². The van der Waals surface area contributed by atoms with Crippen molar-refractivity contribution in [3.8, 4) is 0 Å². The Morgan fingerprint density at radius 3 is 2.18 bits per heavy atom. The summed E-state index contributed by atoms with van der Waals surface area (Å²) >= 11 is 1.95. The molecule has 4 heteroatoms. The zero-order valence-electron chi connectivity index (χ0n) is 13.9. The predicted octanol–water partition coefficient (Wildman–Crippen LogP) is 3.31. The minimum absolute atomic E-state index is 0.204. The molecular weight excluding hydrogens is 292 g/mol. The van der Waals surface area contributed by atoms with Crippen molar-refractivity contribution in [1.82, 2.24) is 9.80 Å². The number of hydrogen-bond acceptors (Lipinski definition) is 3. The Balaban J connectivity index is 1.95. The highest BCUT2D eigenvalue weighted by atomic mass is 32.2. The molecule has 2 heterocycles. The van der Waals surface area contributed by atoms with E-state index in [0.29, 0.717) is 5.91 Å². The number of carbonyl (C=O) groups is 1. The lowest BCUT2D eigenvalue weighted by atomic mass is 9.94. The van der Waals surface area contributed by atoms with Gasteiger partial charge < -0.3 is 9.80 Å². The molecular formula is C18H28N2OS. The molecule has 0 atom stereocenters. The molecule has 0 aromatic heterocycles. The van der Waals surface area contributed by atoms with Gasteiger partial charge in [-0.3, -0.25) is 4.79 Å². The van der Waals surface area contributed by atoms with Crippen LogP contribution >= 0.6 is 11.8 Å². The van der Waals surface area contributed by atoms with Crippen LogP contribution in [0.3, 0.4) is 0 Å². The molecule has 2 rings (SSSR count). The van der Waals surface area contributed by atoms with Crippen molar-refractivity contribution in [2.75, 3.05) is 37.7 Å². The Bertz CT molecular complexity index is 469. The van der Waals surface area contributed by atoms with Gasteiger partial charge in [-0.1, -0.05) is 18.7 Å². The summed E-state index contributed by atoms with van der Waals surface area (Å²) in [5, 5.41) is 0. The topological polar surface area (TPSA) is 23.6 Å². The minimum atomic E-state index is 0.204. The van der Waals surface area contributed by atoms with Crippen molar-refractivity contribution < 1.29 is 4.79 Å². The van der Waals surface area contributed by atoms with Gasteiger partial charge in [-0.2, -0.15) is 11.8 Å². The Labute approximate surface area is 139 Å². The average Bonchev–Trinajstić information content (AvgIpc) is 2.56. The number of hydrogen-bond donors (Lipinski definition) is 0. The van der Waals surface area contributed by atoms with Crippen LogP contribution in [-0.4, -0.2) is 53.4 Å². The van der Waals surface area contributed by atoms with Crippen LogP contribution in [0.15, 0.2) is 36.1 Å². The van der Waals surface area contributed by atoms with E-state index in [2.05, 4.69) is 29.9 Å². The van der Waals surface area contributed by atoms with Crippen LogP contribution in [-0.2, 0) is 4.79 Å². The highest BCUT2D eigenvalue weighted by Gasteiger charge is 2.29. The Hall–Kier alpha value is -1.16. The fourth-order valence-corrected chi connectivity index (χ4v) is 4.05. The molecule has 0 spiro atoms. The zero-order valence-corrected chi connectivity index (χ0v) is 14.8. The van der Waals surface area contributed by atoms with Crippen LogP contribution in [0.1, 0.15) is 26.7 Å². The highest BCUT2D eigenvalue weighted by molar-refractivity contribution is 7.99. The first-order valence-electron chi connectivity index (χ1n) is 8.15. The molecule has 2 fully saturated rings. The van der Waals surface area contributed by atoms with Gasteiger partial charge in [-0.25, -0.2) is 0 Å². The second-order valence-electron chi connectivity index (χ2n) is 6.19. The summed E-state index contributed by atoms with van der Waals surface area (Å²) in [7, 11) is 0. The van der Waals surface area contributed by atoms with Gasteiger partial charge in [0.15, 0.2) is 0 Å². The molecule has 1 amide bonds. The summed E-state index contributed by atoms with van der Waals surface area (Å²) in [5.41, 5.74) is 3.46. The molecule has 0 N–H and O–H groups in total. The van der Waals surface area contributed by atoms with Crippen molar-refractivity contribution in [3.05, 3.63) is 36.1 Å². The SMILES string of the molecule is C=C/C(=C(/C)C(=C)C)N1CCC(C(=O)N2CCSCC2)CC1. The standard InChI is InChI=1S/C18H28N2OS/c1-5-17(15(4)14(2)3)19-8-6-16(7-9-19)18(21)20-10-12-22-13-11-20/h5,16H,1-2,6-13H2,3-4H3/b17-15+. The minimum Gasteiger partial charge on any atom is -0.371 e. The summed E-state index contributed by atoms with van der Waals surface area (Å²) in [6.07, 6.45) is 3.82. The Kier molecular flexibility index (Phi) is 6.18. The summed E-state index contributed by atoms with van der Waals surface area (Å²) in [6.45, 7) is 15.8. The van der Waals surface area contributed by atoms with E-state index in [4.69, 9.17) is 0 Å². The normalized spacial score (nSPS) is 21.4. The number of piperidine rings is 1. The van der Waals surface area contributed by atoms with Gasteiger partial charge in [0.2, 0.25) is 5.91 Å². The lowest BCUT2D eigenvalue weighted by molar-refractivity contribution is -0.136. The van der Waals surface area contributed by atoms with Gasteiger partial charge in [0, 0.05) is 49.3 Å². The van der Waals surface area contributed by atoms with Crippen molar-refractivity contribution in [2.24, 2.45) is 5.92 Å². The summed E-state index contributed by atoms with van der Waals surface area (Å²) in [6, 6.07) is 0. The van der Waals surface area contributed by atoms with Crippen molar-refractivity contribution in [2.45, 2.75) is 26.7 Å². The molecule has 22 heavy (non-hydrogen) atoms. The van der Waals surface area contributed by atoms with E-state index in [0.717, 1.165) is 56.1 Å². The van der Waals surface area contributed by atoms with Crippen LogP contribution in [0.2, 0.25) is 0 Å². The monoisotopic (exact) mass is 320 g/mol. The van der Waals surface area contributed by atoms with Gasteiger partial charge in [-0.15, -0.1) is 0 Å². The lowest BCUT2D eigenvalue weighted by Gasteiger charge is -2.37. The smallest absolute Gasteiger partial charge is 0.225 e. The summed E-state index contributed by atoms with van der Waals surface area (Å²) in [5.74, 6) is 2.76. The number of likely N-dealkylation sites (tertiary alicyclic amines) is 1. The number of nitrogens with zero attached hydrogens (tertiary/aromatic N) is 2. The Morgan fingerprint density at radius 1 is 1.09 bits per heavy atom. The van der Waals surface area contributed by atoms with Crippen LogP contribution < -0.4 is 0 Å². The molecule has 122 valence electrons. The number of rotatable bonds is 4. The molecule has 0 aromatic carbocycles. The van der Waals surface area contributed by atoms with E-state index in [1.54, 1.807) is 0 Å². The van der Waals surface area contributed by atoms with E-state index < -0.39 is 0 Å². The summed E-state index contributed by atoms with van der Waals surface area (Å²) < 4.78 is 0. The van der Waals surface area contributed by atoms with Crippen LogP contribution in [0.4, 0.5) is 0 Å². The molecule has 0 aliphatic carbocycles. The van der Waals surface area contributed by atoms with Gasteiger partial charge in [0.1, 0.15) is 0 Å². The van der Waals surface area contributed by atoms with Crippen molar-refractivity contribution >= 4 is 17.7 Å². The van der Waals surface area contributed by atoms with E-state index in [9.17, 15) is 4.79 Å². The third-order valence-electron chi connectivity index (χ3n) is 4.73. The maximum absolute atomic E-state index is 12.6. The molecule has 0 bridgehead atoms. The molecule has 2 aliphatic heterocycles. The van der Waals surface area contributed by atoms with Gasteiger partial charge in [0.05, 0.1) is 0 Å². The van der Waals surface area contributed by atoms with Gasteiger partial charge in [-0.05, 0) is 38.3 Å². The second kappa shape index (κ2) is 7.91. The highest BCUT2D eigenvalue weighted by Crippen LogP contribution is 2.26. The number of thioether (sulfide) groups is 1. The lowest BCUT2D eigenvalue weighted by Crippen LogP contribution is -2.45. The predicted molar refractivity (Wildman–Crippen MR) is 95.9 cm³/mol. The zero-order chi connectivity index (χ0) is 16.1. The maximum Gasteiger partial charge on any atom is 0.225 e. The molecule has 0 aromatic rings. The van der Waals surface area contributed by atoms with Gasteiger partial charge >= 0.3 is 0 Å². The number of allylic oxidation sites excluding steroid dienone is 3. The van der Waals surface area contributed by atoms with Crippen molar-refractivity contribution in [1.29, 1.82) is 0 Å². The third-order valence-corrected chi connectivity index (χ3v) is 5.67. The molecule has 2 aliphatic rings. The van der Waals surface area contributed by atoms with E-state index >= 15 is 0 Å². The molecule has 3 nitrogen and oxygen atoms in total. The number of amides is 1. The summed E-state index contributed by atoms with van der Waals surface area (Å²) in [4.78, 5) is 17.0. The van der Waals surface area contributed by atoms with E-state index in [-0.39, 0.29) is 5.92 Å². The first-order chi connectivity index (χ1) is 10.5. The largest absolute Gasteiger partial charge is 0.371 e. The molecule has 0 unspecified atom stereocenters. The Morgan fingerprint density at radius 2 is 1.68 bits per heavy atom. The van der Waals surface area contributed by atoms with Crippen LogP contribution in [0.25, 0.3) is 0 Å². The number of carbonyl (C=O) groups excluding carboxylic acids is 1. The fraction of sp³-hybridized carbons (Fsp3) is 0.611. The first-order valence-corrected chi connectivity index (χ1v) is 9.30. The van der Waals surface area contributed by atoms with Crippen LogP contribution in [0.5, 0.6) is 0 Å². The second-order valence-corrected chi connectivity index (χ2v) is 7.42. The molecule has 0 saturated carbocycles. The average molecular weight is 321 g/mol. The first kappa shape index (κ1) is 17.2. The van der Waals surface area contributed by atoms with Gasteiger partial charge in [0.25, 0.3) is 0 Å². The van der Waals surface area contributed by atoms with Crippen molar-refractivity contribution in [3.63, 3.8) is 0 Å². The molecule has 0 radical (unpaired) electrons. The quantitative estimate of drug-likeness (QED) is 0.743. The fourth-order valence-electron chi connectivity index (χ4n) is 3.15.